The van der Waals surface area contributed by atoms with Gasteiger partial charge in [0.05, 0.1) is 0 Å². The summed E-state index contributed by atoms with van der Waals surface area (Å²) in [6, 6.07) is 3.80. The van der Waals surface area contributed by atoms with Crippen LogP contribution in [-0.2, 0) is 11.3 Å². The Labute approximate surface area is 118 Å². The predicted octanol–water partition coefficient (Wildman–Crippen LogP) is 2.83. The molecule has 0 heterocycles. The van der Waals surface area contributed by atoms with Gasteiger partial charge in [-0.25, -0.2) is 8.78 Å². The van der Waals surface area contributed by atoms with Crippen molar-refractivity contribution < 1.29 is 13.6 Å². The van der Waals surface area contributed by atoms with Crippen molar-refractivity contribution in [1.82, 2.24) is 4.90 Å². The van der Waals surface area contributed by atoms with Crippen molar-refractivity contribution in [3.8, 4) is 0 Å². The van der Waals surface area contributed by atoms with E-state index in [1.807, 2.05) is 13.8 Å². The molecule has 1 aromatic carbocycles. The minimum atomic E-state index is -0.886. The summed E-state index contributed by atoms with van der Waals surface area (Å²) in [4.78, 5) is 13.7. The zero-order valence-corrected chi connectivity index (χ0v) is 12.0. The highest BCUT2D eigenvalue weighted by molar-refractivity contribution is 5.76. The van der Waals surface area contributed by atoms with Gasteiger partial charge in [-0.05, 0) is 44.4 Å². The monoisotopic (exact) mass is 284 g/mol. The van der Waals surface area contributed by atoms with Gasteiger partial charge in [0.1, 0.15) is 0 Å². The number of amides is 1. The summed E-state index contributed by atoms with van der Waals surface area (Å²) in [5, 5.41) is 0. The number of nitrogens with two attached hydrogens (primary N) is 1. The number of rotatable bonds is 7. The van der Waals surface area contributed by atoms with Crippen molar-refractivity contribution in [1.29, 1.82) is 0 Å². The van der Waals surface area contributed by atoms with Crippen LogP contribution in [0.15, 0.2) is 18.2 Å². The van der Waals surface area contributed by atoms with Gasteiger partial charge in [-0.15, -0.1) is 0 Å². The van der Waals surface area contributed by atoms with Crippen LogP contribution < -0.4 is 5.73 Å². The summed E-state index contributed by atoms with van der Waals surface area (Å²) in [5.74, 6) is -1.75. The third kappa shape index (κ3) is 5.25. The van der Waals surface area contributed by atoms with Crippen molar-refractivity contribution in [2.75, 3.05) is 6.54 Å². The van der Waals surface area contributed by atoms with E-state index in [4.69, 9.17) is 5.73 Å². The summed E-state index contributed by atoms with van der Waals surface area (Å²) < 4.78 is 26.0. The molecule has 3 nitrogen and oxygen atoms in total. The average Bonchev–Trinajstić information content (AvgIpc) is 2.39. The maximum absolute atomic E-state index is 13.1. The number of hydrogen-bond acceptors (Lipinski definition) is 2. The predicted molar refractivity (Wildman–Crippen MR) is 74.9 cm³/mol. The summed E-state index contributed by atoms with van der Waals surface area (Å²) >= 11 is 0. The van der Waals surface area contributed by atoms with Crippen LogP contribution in [0.25, 0.3) is 0 Å². The molecule has 1 rings (SSSR count). The molecule has 0 aliphatic rings. The van der Waals surface area contributed by atoms with Crippen LogP contribution in [0.4, 0.5) is 8.78 Å². The first kappa shape index (κ1) is 16.6. The molecule has 1 aromatic rings. The van der Waals surface area contributed by atoms with E-state index < -0.39 is 11.6 Å². The average molecular weight is 284 g/mol. The lowest BCUT2D eigenvalue weighted by atomic mass is 10.1. The van der Waals surface area contributed by atoms with E-state index in [-0.39, 0.29) is 11.9 Å². The minimum Gasteiger partial charge on any atom is -0.339 e. The van der Waals surface area contributed by atoms with E-state index in [9.17, 15) is 13.6 Å². The fourth-order valence-corrected chi connectivity index (χ4v) is 1.97. The second-order valence-electron chi connectivity index (χ2n) is 5.03. The quantitative estimate of drug-likeness (QED) is 0.837. The SMILES string of the molecule is CCN(Cc1ccc(F)c(F)c1)C(=O)CCCC(C)N. The van der Waals surface area contributed by atoms with Crippen molar-refractivity contribution in [3.05, 3.63) is 35.4 Å². The van der Waals surface area contributed by atoms with E-state index in [2.05, 4.69) is 0 Å². The Morgan fingerprint density at radius 2 is 2.05 bits per heavy atom. The first-order valence-electron chi connectivity index (χ1n) is 6.91. The molecule has 0 saturated heterocycles. The summed E-state index contributed by atoms with van der Waals surface area (Å²) in [6.07, 6.45) is 1.97. The van der Waals surface area contributed by atoms with E-state index in [1.165, 1.54) is 6.07 Å². The standard InChI is InChI=1S/C15H22F2N2O/c1-3-19(15(20)6-4-5-11(2)18)10-12-7-8-13(16)14(17)9-12/h7-9,11H,3-6,10,18H2,1-2H3. The van der Waals surface area contributed by atoms with E-state index in [0.717, 1.165) is 25.0 Å². The Morgan fingerprint density at radius 3 is 2.60 bits per heavy atom. The maximum atomic E-state index is 13.1. The number of benzene rings is 1. The summed E-state index contributed by atoms with van der Waals surface area (Å²) in [6.45, 7) is 4.60. The van der Waals surface area contributed by atoms with Gasteiger partial charge in [-0.1, -0.05) is 6.07 Å². The fourth-order valence-electron chi connectivity index (χ4n) is 1.97. The van der Waals surface area contributed by atoms with Crippen molar-refractivity contribution in [2.24, 2.45) is 5.73 Å². The first-order chi connectivity index (χ1) is 9.43. The van der Waals surface area contributed by atoms with Gasteiger partial charge in [0.25, 0.3) is 0 Å². The number of hydrogen-bond donors (Lipinski definition) is 1. The maximum Gasteiger partial charge on any atom is 0.222 e. The van der Waals surface area contributed by atoms with Gasteiger partial charge >= 0.3 is 0 Å². The lowest BCUT2D eigenvalue weighted by Crippen LogP contribution is -2.30. The second-order valence-corrected chi connectivity index (χ2v) is 5.03. The van der Waals surface area contributed by atoms with Crippen LogP contribution in [0.3, 0.4) is 0 Å². The highest BCUT2D eigenvalue weighted by Crippen LogP contribution is 2.12. The molecule has 1 atom stereocenters. The Morgan fingerprint density at radius 1 is 1.35 bits per heavy atom. The van der Waals surface area contributed by atoms with Crippen LogP contribution in [-0.4, -0.2) is 23.4 Å². The summed E-state index contributed by atoms with van der Waals surface area (Å²) in [7, 11) is 0. The molecule has 0 aromatic heterocycles. The largest absolute Gasteiger partial charge is 0.339 e. The minimum absolute atomic E-state index is 0.0119. The topological polar surface area (TPSA) is 46.3 Å². The van der Waals surface area contributed by atoms with Crippen LogP contribution in [0.1, 0.15) is 38.7 Å². The molecule has 0 aliphatic heterocycles. The van der Waals surface area contributed by atoms with Crippen LogP contribution in [0.2, 0.25) is 0 Å². The van der Waals surface area contributed by atoms with Crippen molar-refractivity contribution in [2.45, 2.75) is 45.7 Å². The number of carbonyl (C=O) groups is 1. The molecule has 0 radical (unpaired) electrons. The Bertz CT molecular complexity index is 449. The molecule has 0 spiro atoms. The zero-order chi connectivity index (χ0) is 15.1. The molecule has 1 unspecified atom stereocenters. The van der Waals surface area contributed by atoms with Crippen LogP contribution in [0, 0.1) is 11.6 Å². The van der Waals surface area contributed by atoms with Gasteiger partial charge in [-0.3, -0.25) is 4.79 Å². The lowest BCUT2D eigenvalue weighted by molar-refractivity contribution is -0.131. The number of halogens is 2. The lowest BCUT2D eigenvalue weighted by Gasteiger charge is -2.21. The second kappa shape index (κ2) is 7.94. The number of nitrogens with zero attached hydrogens (tertiary/aromatic N) is 1. The third-order valence-electron chi connectivity index (χ3n) is 3.14. The molecule has 0 bridgehead atoms. The molecule has 0 saturated carbocycles. The Hall–Kier alpha value is -1.49. The third-order valence-corrected chi connectivity index (χ3v) is 3.14. The Kier molecular flexibility index (Phi) is 6.58. The zero-order valence-electron chi connectivity index (χ0n) is 12.0. The van der Waals surface area contributed by atoms with Crippen LogP contribution >= 0.6 is 0 Å². The van der Waals surface area contributed by atoms with Crippen molar-refractivity contribution in [3.63, 3.8) is 0 Å². The number of carbonyl (C=O) groups excluding carboxylic acids is 1. The van der Waals surface area contributed by atoms with Crippen molar-refractivity contribution >= 4 is 5.91 Å². The van der Waals surface area contributed by atoms with E-state index in [0.29, 0.717) is 25.1 Å². The van der Waals surface area contributed by atoms with Crippen LogP contribution in [0.5, 0.6) is 0 Å². The molecular formula is C15H22F2N2O. The van der Waals surface area contributed by atoms with Gasteiger partial charge in [-0.2, -0.15) is 0 Å². The van der Waals surface area contributed by atoms with E-state index >= 15 is 0 Å². The van der Waals surface area contributed by atoms with Gasteiger partial charge in [0, 0.05) is 25.6 Å². The molecule has 5 heteroatoms. The van der Waals surface area contributed by atoms with Gasteiger partial charge in [0.2, 0.25) is 5.91 Å². The first-order valence-corrected chi connectivity index (χ1v) is 6.91. The fraction of sp³-hybridized carbons (Fsp3) is 0.533. The summed E-state index contributed by atoms with van der Waals surface area (Å²) in [5.41, 5.74) is 6.23. The molecule has 0 aliphatic carbocycles. The van der Waals surface area contributed by atoms with E-state index in [1.54, 1.807) is 4.90 Å². The highest BCUT2D eigenvalue weighted by atomic mass is 19.2. The molecular weight excluding hydrogens is 262 g/mol. The molecule has 2 N–H and O–H groups in total. The molecule has 0 fully saturated rings. The molecule has 20 heavy (non-hydrogen) atoms. The smallest absolute Gasteiger partial charge is 0.222 e. The molecule has 1 amide bonds. The Balaban J connectivity index is 2.57. The molecule has 112 valence electrons. The normalized spacial score (nSPS) is 12.2. The van der Waals surface area contributed by atoms with Gasteiger partial charge in [0.15, 0.2) is 11.6 Å². The highest BCUT2D eigenvalue weighted by Gasteiger charge is 2.13. The van der Waals surface area contributed by atoms with Gasteiger partial charge < -0.3 is 10.6 Å².